The molecule has 0 aromatic heterocycles. The number of amides is 2. The zero-order chi connectivity index (χ0) is 15.0. The van der Waals surface area contributed by atoms with Crippen LogP contribution in [0.3, 0.4) is 0 Å². The van der Waals surface area contributed by atoms with Gasteiger partial charge in [-0.15, -0.1) is 0 Å². The summed E-state index contributed by atoms with van der Waals surface area (Å²) in [7, 11) is 0. The molecule has 110 valence electrons. The van der Waals surface area contributed by atoms with Crippen molar-refractivity contribution in [3.63, 3.8) is 0 Å². The molecule has 20 heavy (non-hydrogen) atoms. The van der Waals surface area contributed by atoms with E-state index in [-0.39, 0.29) is 17.9 Å². The first-order valence-corrected chi connectivity index (χ1v) is 6.86. The number of hydrogen-bond acceptors (Lipinski definition) is 3. The second-order valence-corrected chi connectivity index (χ2v) is 5.02. The Labute approximate surface area is 119 Å². The van der Waals surface area contributed by atoms with Gasteiger partial charge in [0.05, 0.1) is 0 Å². The molecule has 0 heterocycles. The molecule has 0 aliphatic carbocycles. The maximum atomic E-state index is 11.6. The molecule has 5 heteroatoms. The average molecular weight is 277 g/mol. The first-order valence-electron chi connectivity index (χ1n) is 6.86. The van der Waals surface area contributed by atoms with Gasteiger partial charge >= 0.3 is 0 Å². The lowest BCUT2D eigenvalue weighted by Gasteiger charge is -2.08. The van der Waals surface area contributed by atoms with E-state index in [9.17, 15) is 9.59 Å². The van der Waals surface area contributed by atoms with Crippen LogP contribution in [0.15, 0.2) is 24.3 Å². The van der Waals surface area contributed by atoms with E-state index in [2.05, 4.69) is 10.6 Å². The van der Waals surface area contributed by atoms with Gasteiger partial charge in [-0.1, -0.05) is 12.1 Å². The molecule has 1 unspecified atom stereocenters. The highest BCUT2D eigenvalue weighted by atomic mass is 16.2. The molecule has 0 saturated carbocycles. The summed E-state index contributed by atoms with van der Waals surface area (Å²) in [6.07, 6.45) is 2.18. The fraction of sp³-hybridized carbons (Fsp3) is 0.467. The van der Waals surface area contributed by atoms with Crippen molar-refractivity contribution < 1.29 is 9.59 Å². The van der Waals surface area contributed by atoms with Crippen molar-refractivity contribution in [2.45, 2.75) is 45.7 Å². The lowest BCUT2D eigenvalue weighted by Crippen LogP contribution is -2.23. The Morgan fingerprint density at radius 1 is 1.25 bits per heavy atom. The van der Waals surface area contributed by atoms with E-state index < -0.39 is 0 Å². The Morgan fingerprint density at radius 3 is 2.45 bits per heavy atom. The summed E-state index contributed by atoms with van der Waals surface area (Å²) in [5.41, 5.74) is 7.38. The highest BCUT2D eigenvalue weighted by Crippen LogP contribution is 2.09. The van der Waals surface area contributed by atoms with Gasteiger partial charge in [0.15, 0.2) is 0 Å². The monoisotopic (exact) mass is 277 g/mol. The Hall–Kier alpha value is -1.88. The summed E-state index contributed by atoms with van der Waals surface area (Å²) in [4.78, 5) is 22.5. The molecule has 1 aromatic rings. The van der Waals surface area contributed by atoms with Crippen LogP contribution in [-0.4, -0.2) is 17.9 Å². The normalized spacial score (nSPS) is 11.8. The second kappa shape index (κ2) is 8.32. The quantitative estimate of drug-likeness (QED) is 0.710. The van der Waals surface area contributed by atoms with Gasteiger partial charge in [-0.2, -0.15) is 0 Å². The minimum atomic E-state index is -0.0971. The molecular formula is C15H23N3O2. The largest absolute Gasteiger partial charge is 0.352 e. The number of carbonyl (C=O) groups is 2. The lowest BCUT2D eigenvalue weighted by molar-refractivity contribution is -0.121. The van der Waals surface area contributed by atoms with Crippen molar-refractivity contribution in [2.75, 3.05) is 5.32 Å². The number of hydrogen-bond donors (Lipinski definition) is 3. The van der Waals surface area contributed by atoms with Gasteiger partial charge in [0.2, 0.25) is 11.8 Å². The highest BCUT2D eigenvalue weighted by molar-refractivity contribution is 5.88. The highest BCUT2D eigenvalue weighted by Gasteiger charge is 2.03. The molecule has 0 spiro atoms. The van der Waals surface area contributed by atoms with Crippen molar-refractivity contribution in [2.24, 2.45) is 5.73 Å². The van der Waals surface area contributed by atoms with Crippen LogP contribution in [0.1, 0.15) is 38.7 Å². The van der Waals surface area contributed by atoms with Crippen LogP contribution in [0.5, 0.6) is 0 Å². The Morgan fingerprint density at radius 2 is 1.90 bits per heavy atom. The molecule has 4 N–H and O–H groups in total. The van der Waals surface area contributed by atoms with Crippen LogP contribution >= 0.6 is 0 Å². The third-order valence-electron chi connectivity index (χ3n) is 2.83. The van der Waals surface area contributed by atoms with E-state index >= 15 is 0 Å². The molecule has 1 aromatic carbocycles. The minimum Gasteiger partial charge on any atom is -0.352 e. The van der Waals surface area contributed by atoms with Crippen molar-refractivity contribution in [1.82, 2.24) is 5.32 Å². The number of anilines is 1. The molecule has 0 fully saturated rings. The number of nitrogens with two attached hydrogens (primary N) is 1. The molecule has 0 saturated heterocycles. The predicted molar refractivity (Wildman–Crippen MR) is 80.1 cm³/mol. The molecule has 0 aliphatic heterocycles. The third-order valence-corrected chi connectivity index (χ3v) is 2.83. The van der Waals surface area contributed by atoms with Crippen molar-refractivity contribution in [1.29, 1.82) is 0 Å². The molecule has 1 atom stereocenters. The SMILES string of the molecule is CC(=O)Nc1ccc(CNC(=O)CCCC(C)N)cc1. The van der Waals surface area contributed by atoms with E-state index in [0.717, 1.165) is 24.1 Å². The third kappa shape index (κ3) is 6.89. The van der Waals surface area contributed by atoms with E-state index in [1.165, 1.54) is 6.92 Å². The van der Waals surface area contributed by atoms with Crippen LogP contribution < -0.4 is 16.4 Å². The van der Waals surface area contributed by atoms with Gasteiger partial charge in [0.25, 0.3) is 0 Å². The summed E-state index contributed by atoms with van der Waals surface area (Å²) in [6.45, 7) is 3.90. The van der Waals surface area contributed by atoms with Crippen LogP contribution in [-0.2, 0) is 16.1 Å². The first kappa shape index (κ1) is 16.2. The van der Waals surface area contributed by atoms with E-state index in [4.69, 9.17) is 5.73 Å². The molecule has 2 amide bonds. The fourth-order valence-corrected chi connectivity index (χ4v) is 1.78. The van der Waals surface area contributed by atoms with Gasteiger partial charge in [-0.25, -0.2) is 0 Å². The minimum absolute atomic E-state index is 0.0385. The van der Waals surface area contributed by atoms with Gasteiger partial charge in [0.1, 0.15) is 0 Å². The summed E-state index contributed by atoms with van der Waals surface area (Å²) < 4.78 is 0. The van der Waals surface area contributed by atoms with Crippen LogP contribution in [0.25, 0.3) is 0 Å². The van der Waals surface area contributed by atoms with Gasteiger partial charge in [-0.05, 0) is 37.5 Å². The number of rotatable bonds is 7. The van der Waals surface area contributed by atoms with Gasteiger partial charge < -0.3 is 16.4 Å². The summed E-state index contributed by atoms with van der Waals surface area (Å²) >= 11 is 0. The van der Waals surface area contributed by atoms with Crippen molar-refractivity contribution >= 4 is 17.5 Å². The summed E-state index contributed by atoms with van der Waals surface area (Å²) in [5.74, 6) is -0.0585. The molecule has 0 radical (unpaired) electrons. The topological polar surface area (TPSA) is 84.2 Å². The number of benzene rings is 1. The zero-order valence-corrected chi connectivity index (χ0v) is 12.1. The summed E-state index contributed by atoms with van der Waals surface area (Å²) in [5, 5.41) is 5.56. The Kier molecular flexibility index (Phi) is 6.73. The zero-order valence-electron chi connectivity index (χ0n) is 12.1. The molecular weight excluding hydrogens is 254 g/mol. The van der Waals surface area contributed by atoms with E-state index in [1.54, 1.807) is 0 Å². The molecule has 0 bridgehead atoms. The smallest absolute Gasteiger partial charge is 0.221 e. The molecule has 5 nitrogen and oxygen atoms in total. The van der Waals surface area contributed by atoms with Gasteiger partial charge in [-0.3, -0.25) is 9.59 Å². The predicted octanol–water partition coefficient (Wildman–Crippen LogP) is 1.78. The van der Waals surface area contributed by atoms with Gasteiger partial charge in [0, 0.05) is 31.6 Å². The second-order valence-electron chi connectivity index (χ2n) is 5.02. The van der Waals surface area contributed by atoms with Crippen LogP contribution in [0.2, 0.25) is 0 Å². The summed E-state index contributed by atoms with van der Waals surface area (Å²) in [6, 6.07) is 7.54. The maximum absolute atomic E-state index is 11.6. The average Bonchev–Trinajstić information content (AvgIpc) is 2.37. The first-order chi connectivity index (χ1) is 9.47. The molecule has 1 rings (SSSR count). The Bertz CT molecular complexity index is 441. The van der Waals surface area contributed by atoms with Crippen molar-refractivity contribution in [3.8, 4) is 0 Å². The number of nitrogens with one attached hydrogen (secondary N) is 2. The van der Waals surface area contributed by atoms with Crippen LogP contribution in [0.4, 0.5) is 5.69 Å². The van der Waals surface area contributed by atoms with E-state index in [0.29, 0.717) is 13.0 Å². The van der Waals surface area contributed by atoms with Crippen molar-refractivity contribution in [3.05, 3.63) is 29.8 Å². The standard InChI is InChI=1S/C15H23N3O2/c1-11(16)4-3-5-15(20)17-10-13-6-8-14(9-7-13)18-12(2)19/h6-9,11H,3-5,10,16H2,1-2H3,(H,17,20)(H,18,19). The van der Waals surface area contributed by atoms with E-state index in [1.807, 2.05) is 31.2 Å². The molecule has 0 aliphatic rings. The lowest BCUT2D eigenvalue weighted by atomic mass is 10.1. The Balaban J connectivity index is 2.30. The fourth-order valence-electron chi connectivity index (χ4n) is 1.78. The number of carbonyl (C=O) groups excluding carboxylic acids is 2. The van der Waals surface area contributed by atoms with Crippen LogP contribution in [0, 0.1) is 0 Å². The maximum Gasteiger partial charge on any atom is 0.221 e.